The number of hydrogen-bond donors (Lipinski definition) is 0. The van der Waals surface area contributed by atoms with E-state index in [1.54, 1.807) is 0 Å². The van der Waals surface area contributed by atoms with Gasteiger partial charge in [0.2, 0.25) is 0 Å². The summed E-state index contributed by atoms with van der Waals surface area (Å²) in [6.45, 7) is 0. The SMILES string of the molecule is c1ccc(N(c2ccccc2)c2ccc(-c3cccc4cc5c(ccc6ccccc65)cc34)cc2)cc1. The molecule has 0 fully saturated rings. The van der Waals surface area contributed by atoms with Gasteiger partial charge in [0.15, 0.2) is 0 Å². The maximum absolute atomic E-state index is 2.35. The first-order valence-corrected chi connectivity index (χ1v) is 12.7. The van der Waals surface area contributed by atoms with E-state index in [1.165, 1.54) is 43.4 Å². The largest absolute Gasteiger partial charge is 0.311 e. The Hall–Kier alpha value is -4.88. The number of nitrogens with zero attached hydrogens (tertiary/aromatic N) is 1. The van der Waals surface area contributed by atoms with Crippen molar-refractivity contribution in [2.45, 2.75) is 0 Å². The Labute approximate surface area is 216 Å². The Bertz CT molecular complexity index is 1810. The van der Waals surface area contributed by atoms with Crippen LogP contribution in [-0.4, -0.2) is 0 Å². The molecule has 0 unspecified atom stereocenters. The zero-order valence-corrected chi connectivity index (χ0v) is 20.4. The normalized spacial score (nSPS) is 11.2. The van der Waals surface area contributed by atoms with E-state index < -0.39 is 0 Å². The van der Waals surface area contributed by atoms with Crippen molar-refractivity contribution in [3.63, 3.8) is 0 Å². The average Bonchev–Trinajstić information content (AvgIpc) is 2.97. The molecule has 1 nitrogen and oxygen atoms in total. The lowest BCUT2D eigenvalue weighted by Gasteiger charge is -2.25. The summed E-state index contributed by atoms with van der Waals surface area (Å²) in [4.78, 5) is 2.30. The highest BCUT2D eigenvalue weighted by molar-refractivity contribution is 6.14. The van der Waals surface area contributed by atoms with E-state index in [1.807, 2.05) is 0 Å². The molecule has 0 N–H and O–H groups in total. The van der Waals surface area contributed by atoms with Crippen LogP contribution in [0.2, 0.25) is 0 Å². The van der Waals surface area contributed by atoms with Crippen molar-refractivity contribution in [2.75, 3.05) is 4.90 Å². The molecule has 0 aliphatic heterocycles. The van der Waals surface area contributed by atoms with Crippen LogP contribution in [0.3, 0.4) is 0 Å². The van der Waals surface area contributed by atoms with Crippen LogP contribution in [0.4, 0.5) is 17.1 Å². The van der Waals surface area contributed by atoms with E-state index >= 15 is 0 Å². The fraction of sp³-hybridized carbons (Fsp3) is 0. The number of benzene rings is 7. The second-order valence-electron chi connectivity index (χ2n) is 9.44. The molecule has 0 saturated carbocycles. The fourth-order valence-electron chi connectivity index (χ4n) is 5.42. The van der Waals surface area contributed by atoms with Crippen LogP contribution >= 0.6 is 0 Å². The van der Waals surface area contributed by atoms with Gasteiger partial charge in [-0.2, -0.15) is 0 Å². The Morgan fingerprint density at radius 1 is 0.324 bits per heavy atom. The Kier molecular flexibility index (Phi) is 5.19. The summed E-state index contributed by atoms with van der Waals surface area (Å²) >= 11 is 0. The molecule has 1 heteroatoms. The minimum atomic E-state index is 1.14. The molecule has 0 aromatic heterocycles. The van der Waals surface area contributed by atoms with Crippen LogP contribution in [-0.2, 0) is 0 Å². The number of fused-ring (bicyclic) bond motifs is 4. The van der Waals surface area contributed by atoms with Gasteiger partial charge in [0.05, 0.1) is 0 Å². The first-order chi connectivity index (χ1) is 18.3. The Morgan fingerprint density at radius 2 is 0.865 bits per heavy atom. The minimum Gasteiger partial charge on any atom is -0.311 e. The molecule has 0 saturated heterocycles. The van der Waals surface area contributed by atoms with Crippen molar-refractivity contribution in [1.29, 1.82) is 0 Å². The van der Waals surface area contributed by atoms with E-state index in [9.17, 15) is 0 Å². The monoisotopic (exact) mass is 471 g/mol. The molecule has 0 spiro atoms. The highest BCUT2D eigenvalue weighted by atomic mass is 15.1. The maximum Gasteiger partial charge on any atom is 0.0462 e. The zero-order valence-electron chi connectivity index (χ0n) is 20.4. The second-order valence-corrected chi connectivity index (χ2v) is 9.44. The third-order valence-electron chi connectivity index (χ3n) is 7.21. The van der Waals surface area contributed by atoms with Crippen LogP contribution in [0.25, 0.3) is 43.4 Å². The van der Waals surface area contributed by atoms with Crippen LogP contribution in [0.5, 0.6) is 0 Å². The molecule has 37 heavy (non-hydrogen) atoms. The van der Waals surface area contributed by atoms with Gasteiger partial charge in [-0.1, -0.05) is 103 Å². The van der Waals surface area contributed by atoms with Gasteiger partial charge in [-0.25, -0.2) is 0 Å². The zero-order chi connectivity index (χ0) is 24.6. The molecule has 0 aliphatic carbocycles. The van der Waals surface area contributed by atoms with Gasteiger partial charge in [-0.05, 0) is 92.0 Å². The van der Waals surface area contributed by atoms with E-state index in [-0.39, 0.29) is 0 Å². The van der Waals surface area contributed by atoms with Crippen molar-refractivity contribution >= 4 is 49.4 Å². The van der Waals surface area contributed by atoms with Crippen LogP contribution in [0, 0.1) is 0 Å². The van der Waals surface area contributed by atoms with Gasteiger partial charge in [0.25, 0.3) is 0 Å². The predicted molar refractivity (Wildman–Crippen MR) is 159 cm³/mol. The smallest absolute Gasteiger partial charge is 0.0462 e. The maximum atomic E-state index is 2.35. The van der Waals surface area contributed by atoms with Crippen molar-refractivity contribution in [3.05, 3.63) is 152 Å². The van der Waals surface area contributed by atoms with E-state index in [2.05, 4.69) is 157 Å². The molecule has 0 atom stereocenters. The molecule has 0 bridgehead atoms. The van der Waals surface area contributed by atoms with E-state index in [0.29, 0.717) is 0 Å². The molecule has 7 aromatic rings. The number of rotatable bonds is 4. The second kappa shape index (κ2) is 8.96. The minimum absolute atomic E-state index is 1.14. The highest BCUT2D eigenvalue weighted by Crippen LogP contribution is 2.38. The summed E-state index contributed by atoms with van der Waals surface area (Å²) in [7, 11) is 0. The van der Waals surface area contributed by atoms with Crippen molar-refractivity contribution < 1.29 is 0 Å². The molecule has 0 aliphatic rings. The number of hydrogen-bond acceptors (Lipinski definition) is 1. The summed E-state index contributed by atoms with van der Waals surface area (Å²) in [6.07, 6.45) is 0. The quantitative estimate of drug-likeness (QED) is 0.182. The van der Waals surface area contributed by atoms with Crippen LogP contribution < -0.4 is 4.90 Å². The Morgan fingerprint density at radius 3 is 1.59 bits per heavy atom. The lowest BCUT2D eigenvalue weighted by Crippen LogP contribution is -2.09. The average molecular weight is 472 g/mol. The standard InChI is InChI=1S/C36H25N/c1-3-12-30(13-4-1)37(31-14-5-2-6-15-31)32-22-20-27(21-23-32)34-17-9-11-28-24-36-29(25-35(28)34)19-18-26-10-7-8-16-33(26)36/h1-25H. The lowest BCUT2D eigenvalue weighted by atomic mass is 9.93. The summed E-state index contributed by atoms with van der Waals surface area (Å²) < 4.78 is 0. The van der Waals surface area contributed by atoms with Crippen molar-refractivity contribution in [2.24, 2.45) is 0 Å². The summed E-state index contributed by atoms with van der Waals surface area (Å²) in [5.41, 5.74) is 5.90. The molecular weight excluding hydrogens is 446 g/mol. The molecule has 0 radical (unpaired) electrons. The number of para-hydroxylation sites is 2. The van der Waals surface area contributed by atoms with E-state index in [0.717, 1.165) is 17.1 Å². The van der Waals surface area contributed by atoms with Gasteiger partial charge in [-0.3, -0.25) is 0 Å². The fourth-order valence-corrected chi connectivity index (χ4v) is 5.42. The number of anilines is 3. The summed E-state index contributed by atoms with van der Waals surface area (Å²) in [5, 5.41) is 7.71. The van der Waals surface area contributed by atoms with Crippen LogP contribution in [0.1, 0.15) is 0 Å². The molecule has 174 valence electrons. The third-order valence-corrected chi connectivity index (χ3v) is 7.21. The third kappa shape index (κ3) is 3.82. The molecule has 7 aromatic carbocycles. The molecule has 7 rings (SSSR count). The van der Waals surface area contributed by atoms with Gasteiger partial charge >= 0.3 is 0 Å². The topological polar surface area (TPSA) is 3.24 Å². The molecule has 0 heterocycles. The first-order valence-electron chi connectivity index (χ1n) is 12.7. The summed E-state index contributed by atoms with van der Waals surface area (Å²) in [6, 6.07) is 54.4. The van der Waals surface area contributed by atoms with Gasteiger partial charge in [0, 0.05) is 17.1 Å². The van der Waals surface area contributed by atoms with Gasteiger partial charge in [-0.15, -0.1) is 0 Å². The molecular formula is C36H25N. The van der Waals surface area contributed by atoms with Crippen molar-refractivity contribution in [1.82, 2.24) is 0 Å². The first kappa shape index (κ1) is 21.4. The van der Waals surface area contributed by atoms with Gasteiger partial charge in [0.1, 0.15) is 0 Å². The van der Waals surface area contributed by atoms with Crippen molar-refractivity contribution in [3.8, 4) is 11.1 Å². The lowest BCUT2D eigenvalue weighted by molar-refractivity contribution is 1.28. The Balaban J connectivity index is 1.34. The highest BCUT2D eigenvalue weighted by Gasteiger charge is 2.13. The summed E-state index contributed by atoms with van der Waals surface area (Å²) in [5.74, 6) is 0. The predicted octanol–water partition coefficient (Wildman–Crippen LogP) is 10.3. The van der Waals surface area contributed by atoms with E-state index in [4.69, 9.17) is 0 Å². The molecule has 0 amide bonds. The van der Waals surface area contributed by atoms with Gasteiger partial charge < -0.3 is 4.90 Å². The van der Waals surface area contributed by atoms with Crippen LogP contribution in [0.15, 0.2) is 152 Å².